The van der Waals surface area contributed by atoms with Crippen molar-refractivity contribution in [1.82, 2.24) is 5.32 Å². The van der Waals surface area contributed by atoms with Gasteiger partial charge in [-0.2, -0.15) is 0 Å². The van der Waals surface area contributed by atoms with E-state index in [1.807, 2.05) is 0 Å². The molecule has 0 aromatic rings. The summed E-state index contributed by atoms with van der Waals surface area (Å²) in [5.74, 6) is 0.494. The Morgan fingerprint density at radius 3 is 2.93 bits per heavy atom. The number of hydrogen-bond donors (Lipinski definition) is 3. The molecule has 0 radical (unpaired) electrons. The fourth-order valence-corrected chi connectivity index (χ4v) is 0.845. The quantitative estimate of drug-likeness (QED) is 0.287. The molecule has 0 aromatic heterocycles. The normalized spacial score (nSPS) is 11.7. The smallest absolute Gasteiger partial charge is 0.188 e. The molecule has 5 heteroatoms. The van der Waals surface area contributed by atoms with Crippen molar-refractivity contribution in [2.45, 2.75) is 19.8 Å². The molecular weight excluding hydrogens is 182 g/mol. The lowest BCUT2D eigenvalue weighted by Crippen LogP contribution is -2.33. The van der Waals surface area contributed by atoms with Crippen LogP contribution in [-0.4, -0.2) is 44.0 Å². The van der Waals surface area contributed by atoms with Crippen LogP contribution in [0, 0.1) is 0 Å². The van der Waals surface area contributed by atoms with E-state index in [1.54, 1.807) is 0 Å². The average molecular weight is 203 g/mol. The average Bonchev–Trinajstić information content (AvgIpc) is 2.20. The van der Waals surface area contributed by atoms with Gasteiger partial charge in [0.05, 0.1) is 13.2 Å². The van der Waals surface area contributed by atoms with Crippen LogP contribution in [0.15, 0.2) is 4.99 Å². The van der Waals surface area contributed by atoms with Crippen LogP contribution in [-0.2, 0) is 4.74 Å². The number of guanidine groups is 1. The first-order chi connectivity index (χ1) is 6.81. The molecule has 0 fully saturated rings. The molecule has 0 spiro atoms. The summed E-state index contributed by atoms with van der Waals surface area (Å²) in [5, 5.41) is 11.4. The van der Waals surface area contributed by atoms with Crippen molar-refractivity contribution < 1.29 is 9.84 Å². The lowest BCUT2D eigenvalue weighted by molar-refractivity contribution is 0.0912. The van der Waals surface area contributed by atoms with Crippen molar-refractivity contribution in [3.05, 3.63) is 0 Å². The topological polar surface area (TPSA) is 79.9 Å². The summed E-state index contributed by atoms with van der Waals surface area (Å²) in [4.78, 5) is 4.08. The van der Waals surface area contributed by atoms with E-state index in [1.165, 1.54) is 0 Å². The van der Waals surface area contributed by atoms with Crippen LogP contribution in [0.25, 0.3) is 0 Å². The van der Waals surface area contributed by atoms with Gasteiger partial charge in [-0.05, 0) is 12.8 Å². The molecule has 4 N–H and O–H groups in total. The summed E-state index contributed by atoms with van der Waals surface area (Å²) >= 11 is 0. The van der Waals surface area contributed by atoms with E-state index in [4.69, 9.17) is 15.6 Å². The van der Waals surface area contributed by atoms with Gasteiger partial charge in [0, 0.05) is 19.7 Å². The first kappa shape index (κ1) is 13.2. The van der Waals surface area contributed by atoms with Crippen molar-refractivity contribution >= 4 is 5.96 Å². The van der Waals surface area contributed by atoms with Gasteiger partial charge in [0.1, 0.15) is 0 Å². The SMILES string of the molecule is CCCN=C(N)NCCCOCCO. The largest absolute Gasteiger partial charge is 0.394 e. The number of nitrogens with two attached hydrogens (primary N) is 1. The van der Waals surface area contributed by atoms with E-state index in [0.29, 0.717) is 19.2 Å². The molecule has 5 nitrogen and oxygen atoms in total. The Morgan fingerprint density at radius 1 is 1.50 bits per heavy atom. The van der Waals surface area contributed by atoms with Gasteiger partial charge in [-0.15, -0.1) is 0 Å². The number of aliphatic hydroxyl groups excluding tert-OH is 1. The lowest BCUT2D eigenvalue weighted by atomic mass is 10.4. The maximum Gasteiger partial charge on any atom is 0.188 e. The van der Waals surface area contributed by atoms with Crippen LogP contribution in [0.3, 0.4) is 0 Å². The van der Waals surface area contributed by atoms with Gasteiger partial charge in [-0.25, -0.2) is 0 Å². The molecule has 0 unspecified atom stereocenters. The molecular formula is C9H21N3O2. The Morgan fingerprint density at radius 2 is 2.29 bits per heavy atom. The van der Waals surface area contributed by atoms with Crippen LogP contribution in [0.5, 0.6) is 0 Å². The fraction of sp³-hybridized carbons (Fsp3) is 0.889. The highest BCUT2D eigenvalue weighted by Crippen LogP contribution is 1.81. The third-order valence-electron chi connectivity index (χ3n) is 1.51. The Hall–Kier alpha value is -0.810. The molecule has 0 aromatic carbocycles. The van der Waals surface area contributed by atoms with Gasteiger partial charge in [0.15, 0.2) is 5.96 Å². The summed E-state index contributed by atoms with van der Waals surface area (Å²) in [6.45, 7) is 4.69. The monoisotopic (exact) mass is 203 g/mol. The summed E-state index contributed by atoms with van der Waals surface area (Å²) in [6, 6.07) is 0. The molecule has 0 saturated carbocycles. The number of nitrogens with zero attached hydrogens (tertiary/aromatic N) is 1. The molecule has 0 heterocycles. The Labute approximate surface area is 85.4 Å². The van der Waals surface area contributed by atoms with Crippen molar-refractivity contribution in [2.75, 3.05) is 32.9 Å². The highest BCUT2D eigenvalue weighted by molar-refractivity contribution is 5.77. The van der Waals surface area contributed by atoms with Crippen LogP contribution in [0.1, 0.15) is 19.8 Å². The number of rotatable bonds is 8. The van der Waals surface area contributed by atoms with Gasteiger partial charge < -0.3 is 20.9 Å². The molecule has 0 aliphatic rings. The molecule has 0 saturated heterocycles. The molecule has 84 valence electrons. The Balaban J connectivity index is 3.18. The maximum atomic E-state index is 8.43. The molecule has 14 heavy (non-hydrogen) atoms. The van der Waals surface area contributed by atoms with Crippen molar-refractivity contribution in [2.24, 2.45) is 10.7 Å². The van der Waals surface area contributed by atoms with Crippen LogP contribution >= 0.6 is 0 Å². The van der Waals surface area contributed by atoms with E-state index in [-0.39, 0.29) is 6.61 Å². The summed E-state index contributed by atoms with van der Waals surface area (Å²) < 4.78 is 5.08. The van der Waals surface area contributed by atoms with Gasteiger partial charge in [0.2, 0.25) is 0 Å². The summed E-state index contributed by atoms with van der Waals surface area (Å²) in [5.41, 5.74) is 5.56. The van der Waals surface area contributed by atoms with Crippen molar-refractivity contribution in [3.63, 3.8) is 0 Å². The molecule has 0 bridgehead atoms. The predicted octanol–water partition coefficient (Wildman–Crippen LogP) is -0.300. The minimum Gasteiger partial charge on any atom is -0.394 e. The van der Waals surface area contributed by atoms with Gasteiger partial charge in [0.25, 0.3) is 0 Å². The van der Waals surface area contributed by atoms with E-state index in [0.717, 1.165) is 25.9 Å². The molecule has 0 atom stereocenters. The standard InChI is InChI=1S/C9H21N3O2/c1-2-4-11-9(10)12-5-3-7-14-8-6-13/h13H,2-8H2,1H3,(H3,10,11,12). The minimum atomic E-state index is 0.0769. The maximum absolute atomic E-state index is 8.43. The van der Waals surface area contributed by atoms with E-state index in [9.17, 15) is 0 Å². The summed E-state index contributed by atoms with van der Waals surface area (Å²) in [7, 11) is 0. The van der Waals surface area contributed by atoms with E-state index in [2.05, 4.69) is 17.2 Å². The minimum absolute atomic E-state index is 0.0769. The summed E-state index contributed by atoms with van der Waals surface area (Å²) in [6.07, 6.45) is 1.87. The highest BCUT2D eigenvalue weighted by atomic mass is 16.5. The third kappa shape index (κ3) is 9.28. The third-order valence-corrected chi connectivity index (χ3v) is 1.51. The van der Waals surface area contributed by atoms with Crippen molar-refractivity contribution in [1.29, 1.82) is 0 Å². The molecule has 0 aliphatic heterocycles. The Kier molecular flexibility index (Phi) is 9.68. The zero-order chi connectivity index (χ0) is 10.6. The number of ether oxygens (including phenoxy) is 1. The van der Waals surface area contributed by atoms with Crippen LogP contribution in [0.4, 0.5) is 0 Å². The van der Waals surface area contributed by atoms with E-state index >= 15 is 0 Å². The second-order valence-electron chi connectivity index (χ2n) is 2.88. The fourth-order valence-electron chi connectivity index (χ4n) is 0.845. The molecule has 0 amide bonds. The van der Waals surface area contributed by atoms with Crippen molar-refractivity contribution in [3.8, 4) is 0 Å². The molecule has 0 rings (SSSR count). The van der Waals surface area contributed by atoms with Gasteiger partial charge >= 0.3 is 0 Å². The Bertz CT molecular complexity index is 151. The van der Waals surface area contributed by atoms with Gasteiger partial charge in [-0.1, -0.05) is 6.92 Å². The number of aliphatic hydroxyl groups is 1. The number of aliphatic imine (C=N–C) groups is 1. The van der Waals surface area contributed by atoms with Crippen LogP contribution < -0.4 is 11.1 Å². The second-order valence-corrected chi connectivity index (χ2v) is 2.88. The highest BCUT2D eigenvalue weighted by Gasteiger charge is 1.91. The first-order valence-corrected chi connectivity index (χ1v) is 5.03. The second kappa shape index (κ2) is 10.3. The van der Waals surface area contributed by atoms with E-state index < -0.39 is 0 Å². The van der Waals surface area contributed by atoms with Crippen LogP contribution in [0.2, 0.25) is 0 Å². The zero-order valence-corrected chi connectivity index (χ0v) is 8.83. The van der Waals surface area contributed by atoms with Gasteiger partial charge in [-0.3, -0.25) is 4.99 Å². The first-order valence-electron chi connectivity index (χ1n) is 5.03. The predicted molar refractivity (Wildman–Crippen MR) is 57.3 cm³/mol. The lowest BCUT2D eigenvalue weighted by Gasteiger charge is -2.05. The molecule has 0 aliphatic carbocycles. The number of hydrogen-bond acceptors (Lipinski definition) is 3. The number of nitrogens with one attached hydrogen (secondary N) is 1. The zero-order valence-electron chi connectivity index (χ0n) is 8.83.